The van der Waals surface area contributed by atoms with Crippen molar-refractivity contribution in [2.75, 3.05) is 6.61 Å². The molecule has 3 unspecified atom stereocenters. The van der Waals surface area contributed by atoms with Crippen LogP contribution in [0.25, 0.3) is 0 Å². The molecule has 64 valence electrons. The first-order valence-electron chi connectivity index (χ1n) is 4.54. The molecule has 2 aliphatic carbocycles. The molecular formula is C10H12O2. The van der Waals surface area contributed by atoms with Crippen LogP contribution in [0.15, 0.2) is 24.0 Å². The van der Waals surface area contributed by atoms with Crippen LogP contribution >= 0.6 is 0 Å². The Balaban J connectivity index is 1.49. The van der Waals surface area contributed by atoms with Crippen LogP contribution in [0.5, 0.6) is 0 Å². The third kappa shape index (κ3) is 0.985. The van der Waals surface area contributed by atoms with Gasteiger partial charge in [0.25, 0.3) is 0 Å². The minimum absolute atomic E-state index is 0.526. The molecule has 2 heteroatoms. The maximum Gasteiger partial charge on any atom is 0.126 e. The number of hydrogen-bond donors (Lipinski definition) is 0. The summed E-state index contributed by atoms with van der Waals surface area (Å²) in [6.45, 7) is 4.60. The van der Waals surface area contributed by atoms with Gasteiger partial charge in [-0.25, -0.2) is 0 Å². The standard InChI is InChI=1S/C10H12O2/c1-6-4-9(6)11-5-7-2-3-8-10(7)12-8/h4,7-8,10H,1-3,5H2. The Morgan fingerprint density at radius 2 is 2.42 bits per heavy atom. The van der Waals surface area contributed by atoms with Crippen LogP contribution in [0.4, 0.5) is 0 Å². The summed E-state index contributed by atoms with van der Waals surface area (Å²) >= 11 is 0. The van der Waals surface area contributed by atoms with Crippen molar-refractivity contribution in [2.45, 2.75) is 25.0 Å². The number of allylic oxidation sites excluding steroid dienone is 2. The molecule has 3 atom stereocenters. The van der Waals surface area contributed by atoms with Gasteiger partial charge in [-0.2, -0.15) is 0 Å². The van der Waals surface area contributed by atoms with Crippen LogP contribution in [0.2, 0.25) is 0 Å². The van der Waals surface area contributed by atoms with Crippen molar-refractivity contribution in [2.24, 2.45) is 5.92 Å². The van der Waals surface area contributed by atoms with Gasteiger partial charge < -0.3 is 9.47 Å². The third-order valence-electron chi connectivity index (χ3n) is 2.90. The molecule has 1 saturated heterocycles. The van der Waals surface area contributed by atoms with E-state index in [9.17, 15) is 0 Å². The number of epoxide rings is 1. The molecule has 0 radical (unpaired) electrons. The van der Waals surface area contributed by atoms with Gasteiger partial charge in [-0.3, -0.25) is 0 Å². The van der Waals surface area contributed by atoms with Crippen LogP contribution in [0, 0.1) is 5.92 Å². The van der Waals surface area contributed by atoms with Gasteiger partial charge >= 0.3 is 0 Å². The van der Waals surface area contributed by atoms with E-state index >= 15 is 0 Å². The van der Waals surface area contributed by atoms with Gasteiger partial charge in [-0.15, -0.1) is 0 Å². The predicted octanol–water partition coefficient (Wildman–Crippen LogP) is 1.63. The first-order valence-corrected chi connectivity index (χ1v) is 4.54. The molecule has 1 saturated carbocycles. The molecule has 0 aromatic heterocycles. The highest BCUT2D eigenvalue weighted by Gasteiger charge is 2.50. The van der Waals surface area contributed by atoms with Gasteiger partial charge in [0.1, 0.15) is 5.76 Å². The highest BCUT2D eigenvalue weighted by Crippen LogP contribution is 2.43. The fraction of sp³-hybridized carbons (Fsp3) is 0.600. The smallest absolute Gasteiger partial charge is 0.126 e. The van der Waals surface area contributed by atoms with E-state index in [1.54, 1.807) is 0 Å². The lowest BCUT2D eigenvalue weighted by molar-refractivity contribution is 0.147. The highest BCUT2D eigenvalue weighted by molar-refractivity contribution is 5.50. The van der Waals surface area contributed by atoms with Crippen LogP contribution in [0.3, 0.4) is 0 Å². The molecule has 0 N–H and O–H groups in total. The van der Waals surface area contributed by atoms with E-state index in [2.05, 4.69) is 6.58 Å². The van der Waals surface area contributed by atoms with Crippen LogP contribution in [0.1, 0.15) is 12.8 Å². The first kappa shape index (κ1) is 6.72. The lowest BCUT2D eigenvalue weighted by atomic mass is 10.1. The molecule has 2 nitrogen and oxygen atoms in total. The molecule has 1 aliphatic heterocycles. The maximum absolute atomic E-state index is 5.53. The number of ether oxygens (including phenoxy) is 2. The van der Waals surface area contributed by atoms with E-state index in [-0.39, 0.29) is 0 Å². The monoisotopic (exact) mass is 164 g/mol. The molecule has 0 aromatic carbocycles. The van der Waals surface area contributed by atoms with Gasteiger partial charge in [-0.05, 0) is 18.9 Å². The van der Waals surface area contributed by atoms with E-state index in [1.165, 1.54) is 12.8 Å². The summed E-state index contributed by atoms with van der Waals surface area (Å²) in [6, 6.07) is 0. The van der Waals surface area contributed by atoms with Crippen molar-refractivity contribution >= 4 is 0 Å². The molecule has 2 fully saturated rings. The first-order chi connectivity index (χ1) is 5.84. The lowest BCUT2D eigenvalue weighted by Crippen LogP contribution is -2.10. The number of fused-ring (bicyclic) bond motifs is 1. The zero-order valence-corrected chi connectivity index (χ0v) is 6.95. The molecular weight excluding hydrogens is 152 g/mol. The fourth-order valence-electron chi connectivity index (χ4n) is 1.98. The van der Waals surface area contributed by atoms with Gasteiger partial charge in [0, 0.05) is 11.5 Å². The summed E-state index contributed by atoms with van der Waals surface area (Å²) in [7, 11) is 0. The minimum atomic E-state index is 0.526. The summed E-state index contributed by atoms with van der Waals surface area (Å²) in [4.78, 5) is 0. The topological polar surface area (TPSA) is 21.8 Å². The number of hydrogen-bond acceptors (Lipinski definition) is 2. The molecule has 3 rings (SSSR count). The molecule has 0 aromatic rings. The Morgan fingerprint density at radius 3 is 2.92 bits per heavy atom. The van der Waals surface area contributed by atoms with Crippen molar-refractivity contribution in [3.63, 3.8) is 0 Å². The van der Waals surface area contributed by atoms with E-state index < -0.39 is 0 Å². The molecule has 1 heterocycles. The van der Waals surface area contributed by atoms with Gasteiger partial charge in [0.2, 0.25) is 0 Å². The largest absolute Gasteiger partial charge is 0.493 e. The maximum atomic E-state index is 5.53. The Bertz CT molecular complexity index is 267. The Labute approximate surface area is 71.9 Å². The summed E-state index contributed by atoms with van der Waals surface area (Å²) in [6.07, 6.45) is 5.58. The molecule has 3 aliphatic rings. The van der Waals surface area contributed by atoms with Gasteiger partial charge in [0.05, 0.1) is 18.8 Å². The molecule has 0 amide bonds. The molecule has 12 heavy (non-hydrogen) atoms. The summed E-state index contributed by atoms with van der Waals surface area (Å²) < 4.78 is 11.0. The van der Waals surface area contributed by atoms with Gasteiger partial charge in [0.15, 0.2) is 0 Å². The van der Waals surface area contributed by atoms with Crippen molar-refractivity contribution in [1.82, 2.24) is 0 Å². The van der Waals surface area contributed by atoms with Crippen molar-refractivity contribution in [1.29, 1.82) is 0 Å². The van der Waals surface area contributed by atoms with E-state index in [1.807, 2.05) is 6.08 Å². The zero-order chi connectivity index (χ0) is 8.13. The van der Waals surface area contributed by atoms with Crippen LogP contribution in [-0.2, 0) is 9.47 Å². The normalized spacial score (nSPS) is 42.2. The summed E-state index contributed by atoms with van der Waals surface area (Å²) in [5, 5.41) is 0. The van der Waals surface area contributed by atoms with Crippen LogP contribution in [-0.4, -0.2) is 18.8 Å². The van der Waals surface area contributed by atoms with Crippen LogP contribution < -0.4 is 0 Å². The van der Waals surface area contributed by atoms with Crippen molar-refractivity contribution in [3.05, 3.63) is 24.0 Å². The second-order valence-corrected chi connectivity index (χ2v) is 3.82. The van der Waals surface area contributed by atoms with Crippen molar-refractivity contribution < 1.29 is 9.47 Å². The summed E-state index contributed by atoms with van der Waals surface area (Å²) in [5.41, 5.74) is 1.06. The molecule has 0 bridgehead atoms. The summed E-state index contributed by atoms with van der Waals surface area (Å²) in [5.74, 6) is 1.64. The average molecular weight is 164 g/mol. The minimum Gasteiger partial charge on any atom is -0.493 e. The second-order valence-electron chi connectivity index (χ2n) is 3.82. The van der Waals surface area contributed by atoms with E-state index in [4.69, 9.17) is 9.47 Å². The lowest BCUT2D eigenvalue weighted by Gasteiger charge is -2.09. The second kappa shape index (κ2) is 2.13. The fourth-order valence-corrected chi connectivity index (χ4v) is 1.98. The van der Waals surface area contributed by atoms with Crippen molar-refractivity contribution in [3.8, 4) is 0 Å². The van der Waals surface area contributed by atoms with E-state index in [0.29, 0.717) is 18.1 Å². The molecule has 0 spiro atoms. The number of rotatable bonds is 3. The highest BCUT2D eigenvalue weighted by atomic mass is 16.6. The Morgan fingerprint density at radius 1 is 1.58 bits per heavy atom. The quantitative estimate of drug-likeness (QED) is 0.591. The average Bonchev–Trinajstić information content (AvgIpc) is 2.94. The zero-order valence-electron chi connectivity index (χ0n) is 6.95. The SMILES string of the molecule is C=C1C=C1OCC1CCC2OC12. The predicted molar refractivity (Wildman–Crippen MR) is 44.6 cm³/mol. The van der Waals surface area contributed by atoms with Gasteiger partial charge in [-0.1, -0.05) is 6.58 Å². The third-order valence-corrected chi connectivity index (χ3v) is 2.90. The Hall–Kier alpha value is -0.760. The van der Waals surface area contributed by atoms with E-state index in [0.717, 1.165) is 17.9 Å². The Kier molecular flexibility index (Phi) is 1.20.